The van der Waals surface area contributed by atoms with Crippen molar-refractivity contribution in [3.05, 3.63) is 58.5 Å². The minimum Gasteiger partial charge on any atom is -0.466 e. The van der Waals surface area contributed by atoms with Gasteiger partial charge >= 0.3 is 0 Å². The van der Waals surface area contributed by atoms with Gasteiger partial charge in [-0.2, -0.15) is 17.0 Å². The fraction of sp³-hybridized carbons (Fsp3) is 0.294. The minimum atomic E-state index is -0.0895. The molecule has 0 atom stereocenters. The predicted octanol–water partition coefficient (Wildman–Crippen LogP) is 3.43. The second kappa shape index (κ2) is 7.71. The van der Waals surface area contributed by atoms with E-state index in [0.29, 0.717) is 23.4 Å². The molecule has 1 aromatic heterocycles. The van der Waals surface area contributed by atoms with Gasteiger partial charge in [-0.15, -0.1) is 0 Å². The number of nitriles is 1. The van der Waals surface area contributed by atoms with Gasteiger partial charge in [0.05, 0.1) is 17.2 Å². The van der Waals surface area contributed by atoms with Crippen LogP contribution in [0.5, 0.6) is 0 Å². The van der Waals surface area contributed by atoms with Gasteiger partial charge in [0.2, 0.25) is 0 Å². The van der Waals surface area contributed by atoms with Crippen LogP contribution in [0.3, 0.4) is 0 Å². The van der Waals surface area contributed by atoms with E-state index in [9.17, 15) is 4.79 Å². The summed E-state index contributed by atoms with van der Waals surface area (Å²) in [5.41, 5.74) is 2.46. The Hall–Kier alpha value is -2.19. The van der Waals surface area contributed by atoms with Crippen LogP contribution in [-0.2, 0) is 5.75 Å². The highest BCUT2D eigenvalue weighted by molar-refractivity contribution is 7.98. The average Bonchev–Trinajstić information content (AvgIpc) is 2.86. The van der Waals surface area contributed by atoms with Gasteiger partial charge in [-0.25, -0.2) is 0 Å². The van der Waals surface area contributed by atoms with Crippen molar-refractivity contribution in [2.75, 3.05) is 12.3 Å². The van der Waals surface area contributed by atoms with Gasteiger partial charge in [-0.05, 0) is 37.6 Å². The van der Waals surface area contributed by atoms with E-state index in [1.807, 2.05) is 31.2 Å². The van der Waals surface area contributed by atoms with Crippen LogP contribution in [0.25, 0.3) is 0 Å². The standard InChI is InChI=1S/C17H18N2O2S/c1-12-9-16(13(2)21-12)17(20)19-7-8-22-11-15-5-3-14(10-18)4-6-15/h3-6,9H,7-8,11H2,1-2H3,(H,19,20). The highest BCUT2D eigenvalue weighted by Gasteiger charge is 2.12. The molecule has 0 spiro atoms. The zero-order chi connectivity index (χ0) is 15.9. The average molecular weight is 314 g/mol. The number of carbonyl (C=O) groups is 1. The van der Waals surface area contributed by atoms with Crippen LogP contribution in [0.2, 0.25) is 0 Å². The van der Waals surface area contributed by atoms with E-state index in [1.165, 1.54) is 5.56 Å². The normalized spacial score (nSPS) is 10.2. The van der Waals surface area contributed by atoms with Gasteiger partial charge in [0.25, 0.3) is 5.91 Å². The summed E-state index contributed by atoms with van der Waals surface area (Å²) in [6.45, 7) is 4.24. The zero-order valence-electron chi connectivity index (χ0n) is 12.7. The third-order valence-electron chi connectivity index (χ3n) is 3.17. The molecule has 1 amide bonds. The van der Waals surface area contributed by atoms with Gasteiger partial charge in [0, 0.05) is 18.1 Å². The van der Waals surface area contributed by atoms with Gasteiger partial charge in [0.1, 0.15) is 11.5 Å². The van der Waals surface area contributed by atoms with Gasteiger partial charge in [-0.3, -0.25) is 4.79 Å². The van der Waals surface area contributed by atoms with Crippen molar-refractivity contribution in [3.8, 4) is 6.07 Å². The topological polar surface area (TPSA) is 66.0 Å². The van der Waals surface area contributed by atoms with E-state index in [4.69, 9.17) is 9.68 Å². The first-order valence-corrected chi connectivity index (χ1v) is 8.17. The lowest BCUT2D eigenvalue weighted by atomic mass is 10.2. The number of amides is 1. The first-order chi connectivity index (χ1) is 10.6. The molecule has 4 nitrogen and oxygen atoms in total. The number of carbonyl (C=O) groups excluding carboxylic acids is 1. The van der Waals surface area contributed by atoms with E-state index >= 15 is 0 Å². The summed E-state index contributed by atoms with van der Waals surface area (Å²) in [7, 11) is 0. The van der Waals surface area contributed by atoms with E-state index in [1.54, 1.807) is 24.8 Å². The molecular formula is C17H18N2O2S. The summed E-state index contributed by atoms with van der Waals surface area (Å²) in [5, 5.41) is 11.6. The maximum atomic E-state index is 12.0. The number of benzene rings is 1. The number of rotatable bonds is 6. The Morgan fingerprint density at radius 3 is 2.64 bits per heavy atom. The first kappa shape index (κ1) is 16.2. The fourth-order valence-electron chi connectivity index (χ4n) is 2.05. The van der Waals surface area contributed by atoms with Crippen LogP contribution < -0.4 is 5.32 Å². The van der Waals surface area contributed by atoms with Crippen molar-refractivity contribution in [2.24, 2.45) is 0 Å². The number of hydrogen-bond acceptors (Lipinski definition) is 4. The molecule has 0 saturated carbocycles. The number of furan rings is 1. The second-order valence-electron chi connectivity index (χ2n) is 4.94. The van der Waals surface area contributed by atoms with Crippen LogP contribution in [0.1, 0.15) is 33.0 Å². The molecule has 0 aliphatic carbocycles. The van der Waals surface area contributed by atoms with Crippen LogP contribution in [-0.4, -0.2) is 18.2 Å². The molecule has 2 rings (SSSR count). The Balaban J connectivity index is 1.70. The highest BCUT2D eigenvalue weighted by Crippen LogP contribution is 2.14. The Morgan fingerprint density at radius 2 is 2.05 bits per heavy atom. The van der Waals surface area contributed by atoms with Crippen molar-refractivity contribution in [3.63, 3.8) is 0 Å². The Bertz CT molecular complexity index is 684. The van der Waals surface area contributed by atoms with E-state index in [-0.39, 0.29) is 5.91 Å². The number of nitrogens with one attached hydrogen (secondary N) is 1. The van der Waals surface area contributed by atoms with Crippen molar-refractivity contribution in [1.29, 1.82) is 5.26 Å². The summed E-state index contributed by atoms with van der Waals surface area (Å²) < 4.78 is 5.35. The Kier molecular flexibility index (Phi) is 5.68. The Labute approximate surface area is 134 Å². The smallest absolute Gasteiger partial charge is 0.254 e. The molecule has 0 aliphatic heterocycles. The molecule has 0 bridgehead atoms. The molecule has 114 valence electrons. The van der Waals surface area contributed by atoms with Gasteiger partial charge < -0.3 is 9.73 Å². The minimum absolute atomic E-state index is 0.0895. The third kappa shape index (κ3) is 4.40. The summed E-state index contributed by atoms with van der Waals surface area (Å²) in [6.07, 6.45) is 0. The monoisotopic (exact) mass is 314 g/mol. The van der Waals surface area contributed by atoms with E-state index in [0.717, 1.165) is 17.3 Å². The van der Waals surface area contributed by atoms with Gasteiger partial charge in [-0.1, -0.05) is 12.1 Å². The molecule has 1 aromatic carbocycles. The summed E-state index contributed by atoms with van der Waals surface area (Å²) >= 11 is 1.75. The molecular weight excluding hydrogens is 296 g/mol. The molecule has 22 heavy (non-hydrogen) atoms. The molecule has 0 aliphatic rings. The van der Waals surface area contributed by atoms with Crippen LogP contribution >= 0.6 is 11.8 Å². The van der Waals surface area contributed by atoms with E-state index < -0.39 is 0 Å². The highest BCUT2D eigenvalue weighted by atomic mass is 32.2. The SMILES string of the molecule is Cc1cc(C(=O)NCCSCc2ccc(C#N)cc2)c(C)o1. The lowest BCUT2D eigenvalue weighted by Gasteiger charge is -2.05. The Morgan fingerprint density at radius 1 is 1.32 bits per heavy atom. The first-order valence-electron chi connectivity index (χ1n) is 7.02. The third-order valence-corrected chi connectivity index (χ3v) is 4.20. The van der Waals surface area contributed by atoms with Gasteiger partial charge in [0.15, 0.2) is 0 Å². The van der Waals surface area contributed by atoms with Crippen molar-refractivity contribution >= 4 is 17.7 Å². The largest absolute Gasteiger partial charge is 0.466 e. The molecule has 0 fully saturated rings. The molecule has 5 heteroatoms. The number of aryl methyl sites for hydroxylation is 2. The number of nitrogens with zero attached hydrogens (tertiary/aromatic N) is 1. The molecule has 0 saturated heterocycles. The zero-order valence-corrected chi connectivity index (χ0v) is 13.5. The van der Waals surface area contributed by atoms with Crippen LogP contribution in [0.15, 0.2) is 34.7 Å². The maximum Gasteiger partial charge on any atom is 0.254 e. The van der Waals surface area contributed by atoms with Crippen molar-refractivity contribution < 1.29 is 9.21 Å². The maximum absolute atomic E-state index is 12.0. The lowest BCUT2D eigenvalue weighted by molar-refractivity contribution is 0.0954. The summed E-state index contributed by atoms with van der Waals surface area (Å²) in [6, 6.07) is 11.4. The molecule has 0 radical (unpaired) electrons. The molecule has 1 heterocycles. The fourth-order valence-corrected chi connectivity index (χ4v) is 2.87. The molecule has 0 unspecified atom stereocenters. The quantitative estimate of drug-likeness (QED) is 0.830. The number of hydrogen-bond donors (Lipinski definition) is 1. The predicted molar refractivity (Wildman–Crippen MR) is 87.8 cm³/mol. The lowest BCUT2D eigenvalue weighted by Crippen LogP contribution is -2.25. The summed E-state index contributed by atoms with van der Waals surface area (Å²) in [4.78, 5) is 12.0. The molecule has 1 N–H and O–H groups in total. The summed E-state index contributed by atoms with van der Waals surface area (Å²) in [5.74, 6) is 3.01. The second-order valence-corrected chi connectivity index (χ2v) is 6.05. The van der Waals surface area contributed by atoms with Crippen molar-refractivity contribution in [1.82, 2.24) is 5.32 Å². The van der Waals surface area contributed by atoms with E-state index in [2.05, 4.69) is 11.4 Å². The van der Waals surface area contributed by atoms with Crippen molar-refractivity contribution in [2.45, 2.75) is 19.6 Å². The number of thioether (sulfide) groups is 1. The van der Waals surface area contributed by atoms with Crippen LogP contribution in [0, 0.1) is 25.2 Å². The van der Waals surface area contributed by atoms with Crippen LogP contribution in [0.4, 0.5) is 0 Å². The molecule has 2 aromatic rings.